The van der Waals surface area contributed by atoms with E-state index in [2.05, 4.69) is 67.3 Å². The number of nitrogens with one attached hydrogen (secondary N) is 2. The molecule has 4 fully saturated rings. The predicted molar refractivity (Wildman–Crippen MR) is 306 cm³/mol. The van der Waals surface area contributed by atoms with Gasteiger partial charge in [0.2, 0.25) is 12.3 Å². The smallest absolute Gasteiger partial charge is 0.319 e. The SMILES string of the molecule is C#Cc1c(F)ccc2cc(O)cc(-c3ncc4c(N5CC6CCC(C5)N6)nc(OCCN5CCC(COc6cc(CC(=O)N7CCCC7C)on6)CC5)nc4c3F)c12.CC.CC(NC=O)c1ccc(-c2ccnn2C)cc1.CCC. The molecule has 424 valence electrons. The lowest BCUT2D eigenvalue weighted by Gasteiger charge is -2.34. The maximum absolute atomic E-state index is 16.9. The molecule has 2 amide bonds. The van der Waals surface area contributed by atoms with Gasteiger partial charge in [-0.3, -0.25) is 24.2 Å². The summed E-state index contributed by atoms with van der Waals surface area (Å²) in [5, 5.41) is 26.3. The van der Waals surface area contributed by atoms with E-state index in [0.717, 1.165) is 81.4 Å². The molecule has 4 atom stereocenters. The molecule has 80 heavy (non-hydrogen) atoms. The normalized spacial score (nSPS) is 18.3. The second-order valence-corrected chi connectivity index (χ2v) is 20.7. The number of aromatic nitrogens is 6. The highest BCUT2D eigenvalue weighted by atomic mass is 19.1. The Labute approximate surface area is 467 Å². The summed E-state index contributed by atoms with van der Waals surface area (Å²) in [5.74, 6) is 2.71. The number of piperazine rings is 1. The number of ether oxygens (including phenoxy) is 2. The van der Waals surface area contributed by atoms with Gasteiger partial charge in [0, 0.05) is 80.8 Å². The van der Waals surface area contributed by atoms with Gasteiger partial charge in [-0.25, -0.2) is 8.78 Å². The van der Waals surface area contributed by atoms with Crippen molar-refractivity contribution >= 4 is 39.8 Å². The zero-order valence-corrected chi connectivity index (χ0v) is 47.1. The van der Waals surface area contributed by atoms with Crippen LogP contribution in [0.5, 0.6) is 17.6 Å². The standard InChI is InChI=1S/C43H46F2N8O5.C13H15N3O.C3H8.C2H6/c1-3-32-35(44)9-6-27-17-30(54)18-33(38(27)32)40-39(45)41-34(21-46-40)42(52-22-28-7-8-29(23-52)47-28)49-43(48-41)56-16-15-51-13-10-26(11-14-51)24-57-36-19-31(58-50-36)20-37(55)53-12-4-5-25(53)2;1-10(14-9-17)11-3-5-12(6-4-11)13-7-8-15-16(13)2;1-3-2;1-2/h1,6,9,17-19,21,25-26,28-29,47,54H,4-5,7-8,10-16,20,22-24H2,2H3;3-10H,1-2H3,(H,14,17);3H2,1-2H3;1-2H3. The van der Waals surface area contributed by atoms with Crippen molar-refractivity contribution in [2.75, 3.05) is 57.4 Å². The maximum Gasteiger partial charge on any atom is 0.319 e. The van der Waals surface area contributed by atoms with E-state index in [9.17, 15) is 19.1 Å². The first-order valence-corrected chi connectivity index (χ1v) is 28.1. The molecular formula is C61H75F2N11O6. The topological polar surface area (TPSA) is 189 Å². The number of carbonyl (C=O) groups excluding carboxylic acids is 2. The van der Waals surface area contributed by atoms with E-state index in [1.807, 2.05) is 67.7 Å². The molecule has 7 aromatic rings. The van der Waals surface area contributed by atoms with Gasteiger partial charge in [0.1, 0.15) is 41.0 Å². The van der Waals surface area contributed by atoms with Crippen molar-refractivity contribution in [2.24, 2.45) is 13.0 Å². The zero-order valence-electron chi connectivity index (χ0n) is 47.1. The Balaban J connectivity index is 0.000000321. The fraction of sp³-hybridized carbons (Fsp3) is 0.459. The van der Waals surface area contributed by atoms with Crippen LogP contribution in [0.25, 0.3) is 44.2 Å². The monoisotopic (exact) mass is 1100 g/mol. The fourth-order valence-corrected chi connectivity index (χ4v) is 10.9. The maximum atomic E-state index is 16.9. The number of hydrogen-bond donors (Lipinski definition) is 3. The third-order valence-electron chi connectivity index (χ3n) is 15.0. The van der Waals surface area contributed by atoms with Crippen LogP contribution in [0.15, 0.2) is 77.6 Å². The summed E-state index contributed by atoms with van der Waals surface area (Å²) in [5.41, 5.74) is 3.28. The molecule has 0 saturated carbocycles. The van der Waals surface area contributed by atoms with Gasteiger partial charge >= 0.3 is 6.01 Å². The molecule has 0 aliphatic carbocycles. The Hall–Kier alpha value is -7.69. The molecule has 8 heterocycles. The Morgan fingerprint density at radius 3 is 2.39 bits per heavy atom. The highest BCUT2D eigenvalue weighted by molar-refractivity contribution is 6.03. The van der Waals surface area contributed by atoms with Gasteiger partial charge in [-0.15, -0.1) is 6.42 Å². The summed E-state index contributed by atoms with van der Waals surface area (Å²) < 4.78 is 51.2. The van der Waals surface area contributed by atoms with E-state index in [1.165, 1.54) is 36.9 Å². The number of hydrogen-bond acceptors (Lipinski definition) is 14. The molecule has 3 N–H and O–H groups in total. The lowest BCUT2D eigenvalue weighted by Crippen LogP contribution is -2.51. The predicted octanol–water partition coefficient (Wildman–Crippen LogP) is 9.80. The van der Waals surface area contributed by atoms with E-state index in [-0.39, 0.29) is 70.5 Å². The molecule has 3 aromatic carbocycles. The Morgan fingerprint density at radius 1 is 0.988 bits per heavy atom. The minimum atomic E-state index is -0.750. The van der Waals surface area contributed by atoms with Crippen LogP contribution in [0.3, 0.4) is 0 Å². The highest BCUT2D eigenvalue weighted by Crippen LogP contribution is 2.39. The van der Waals surface area contributed by atoms with Gasteiger partial charge in [0.25, 0.3) is 5.88 Å². The van der Waals surface area contributed by atoms with Crippen molar-refractivity contribution in [3.05, 3.63) is 102 Å². The van der Waals surface area contributed by atoms with Crippen molar-refractivity contribution in [2.45, 2.75) is 117 Å². The molecule has 4 unspecified atom stereocenters. The highest BCUT2D eigenvalue weighted by Gasteiger charge is 2.35. The van der Waals surface area contributed by atoms with Crippen LogP contribution in [0.1, 0.15) is 109 Å². The number of fused-ring (bicyclic) bond motifs is 4. The summed E-state index contributed by atoms with van der Waals surface area (Å²) in [6.07, 6.45) is 17.2. The third kappa shape index (κ3) is 13.8. The average molecular weight is 1100 g/mol. The van der Waals surface area contributed by atoms with Crippen LogP contribution >= 0.6 is 0 Å². The van der Waals surface area contributed by atoms with Crippen LogP contribution < -0.4 is 25.0 Å². The first kappa shape index (κ1) is 58.5. The number of anilines is 1. The summed E-state index contributed by atoms with van der Waals surface area (Å²) in [6, 6.07) is 18.2. The number of phenolic OH excluding ortho intramolecular Hbond substituents is 1. The molecule has 0 radical (unpaired) electrons. The van der Waals surface area contributed by atoms with Gasteiger partial charge in [0.15, 0.2) is 5.82 Å². The van der Waals surface area contributed by atoms with E-state index in [4.69, 9.17) is 25.4 Å². The Kier molecular flexibility index (Phi) is 20.1. The number of nitrogens with zero attached hydrogens (tertiary/aromatic N) is 9. The number of carbonyl (C=O) groups is 2. The molecule has 4 aromatic heterocycles. The number of likely N-dealkylation sites (tertiary alicyclic amines) is 2. The summed E-state index contributed by atoms with van der Waals surface area (Å²) >= 11 is 0. The van der Waals surface area contributed by atoms with Gasteiger partial charge in [-0.1, -0.05) is 70.4 Å². The molecule has 2 bridgehead atoms. The van der Waals surface area contributed by atoms with Crippen molar-refractivity contribution in [1.82, 2.24) is 50.3 Å². The first-order chi connectivity index (χ1) is 38.8. The van der Waals surface area contributed by atoms with Crippen LogP contribution in [-0.4, -0.2) is 128 Å². The Bertz CT molecular complexity index is 3230. The number of rotatable bonds is 15. The fourth-order valence-electron chi connectivity index (χ4n) is 10.9. The van der Waals surface area contributed by atoms with E-state index < -0.39 is 11.6 Å². The van der Waals surface area contributed by atoms with Crippen LogP contribution in [-0.2, 0) is 23.1 Å². The number of piperidine rings is 1. The van der Waals surface area contributed by atoms with Crippen molar-refractivity contribution in [3.8, 4) is 52.5 Å². The number of terminal acetylenes is 1. The van der Waals surface area contributed by atoms with Crippen LogP contribution in [0.2, 0.25) is 0 Å². The first-order valence-electron chi connectivity index (χ1n) is 28.1. The quantitative estimate of drug-likeness (QED) is 0.0650. The second kappa shape index (κ2) is 27.5. The number of phenols is 1. The van der Waals surface area contributed by atoms with Gasteiger partial charge in [-0.05, 0) is 117 Å². The molecule has 4 aliphatic heterocycles. The average Bonchev–Trinajstić information content (AvgIpc) is 4.37. The van der Waals surface area contributed by atoms with E-state index in [0.29, 0.717) is 72.5 Å². The second-order valence-electron chi connectivity index (χ2n) is 20.7. The lowest BCUT2D eigenvalue weighted by molar-refractivity contribution is -0.131. The number of aryl methyl sites for hydroxylation is 1. The summed E-state index contributed by atoms with van der Waals surface area (Å²) in [6.45, 7) is 17.6. The molecule has 4 aliphatic rings. The zero-order chi connectivity index (χ0) is 56.9. The van der Waals surface area contributed by atoms with Crippen molar-refractivity contribution < 1.29 is 37.5 Å². The molecular weight excluding hydrogens is 1020 g/mol. The number of benzene rings is 3. The summed E-state index contributed by atoms with van der Waals surface area (Å²) in [4.78, 5) is 43.3. The lowest BCUT2D eigenvalue weighted by atomic mass is 9.96. The van der Waals surface area contributed by atoms with Gasteiger partial charge in [-0.2, -0.15) is 15.1 Å². The van der Waals surface area contributed by atoms with Crippen LogP contribution in [0.4, 0.5) is 14.6 Å². The van der Waals surface area contributed by atoms with Crippen molar-refractivity contribution in [1.29, 1.82) is 0 Å². The Morgan fingerprint density at radius 2 is 1.73 bits per heavy atom. The molecule has 0 spiro atoms. The molecule has 4 saturated heterocycles. The van der Waals surface area contributed by atoms with Gasteiger partial charge < -0.3 is 39.5 Å². The number of amides is 2. The summed E-state index contributed by atoms with van der Waals surface area (Å²) in [7, 11) is 1.92. The molecule has 17 nitrogen and oxygen atoms in total. The number of pyridine rings is 1. The largest absolute Gasteiger partial charge is 0.508 e. The van der Waals surface area contributed by atoms with Gasteiger partial charge in [0.05, 0.1) is 35.7 Å². The minimum absolute atomic E-state index is 0.0128. The number of halogens is 2. The van der Waals surface area contributed by atoms with Crippen LogP contribution in [0, 0.1) is 29.9 Å². The number of aromatic hydroxyl groups is 1. The molecule has 19 heteroatoms. The molecule has 11 rings (SSSR count). The minimum Gasteiger partial charge on any atom is -0.508 e. The third-order valence-corrected chi connectivity index (χ3v) is 15.0. The van der Waals surface area contributed by atoms with Crippen molar-refractivity contribution in [3.63, 3.8) is 0 Å². The van der Waals surface area contributed by atoms with E-state index >= 15 is 4.39 Å². The van der Waals surface area contributed by atoms with E-state index in [1.54, 1.807) is 12.3 Å².